The summed E-state index contributed by atoms with van der Waals surface area (Å²) in [7, 11) is -3.67. The van der Waals surface area contributed by atoms with Crippen LogP contribution in [0.15, 0.2) is 12.1 Å². The Hall–Kier alpha value is -1.40. The number of aryl methyl sites for hydroxylation is 2. The molecule has 0 saturated carbocycles. The van der Waals surface area contributed by atoms with Gasteiger partial charge in [-0.05, 0) is 49.6 Å². The van der Waals surface area contributed by atoms with Crippen LogP contribution in [0.3, 0.4) is 0 Å². The molecule has 1 unspecified atom stereocenters. The van der Waals surface area contributed by atoms with Gasteiger partial charge in [-0.1, -0.05) is 0 Å². The molecule has 1 aromatic rings. The van der Waals surface area contributed by atoms with Crippen LogP contribution in [0.4, 0.5) is 5.69 Å². The SMILES string of the molecule is Cc1cc(N2CC(S(N)(=O)=O)CC2=O)cc(C)c1C. The Morgan fingerprint density at radius 1 is 1.21 bits per heavy atom. The Labute approximate surface area is 113 Å². The van der Waals surface area contributed by atoms with Gasteiger partial charge in [0.2, 0.25) is 15.9 Å². The van der Waals surface area contributed by atoms with Crippen molar-refractivity contribution in [2.24, 2.45) is 5.14 Å². The van der Waals surface area contributed by atoms with Gasteiger partial charge in [0.15, 0.2) is 0 Å². The van der Waals surface area contributed by atoms with E-state index in [4.69, 9.17) is 5.14 Å². The first kappa shape index (κ1) is 14.0. The molecule has 1 atom stereocenters. The van der Waals surface area contributed by atoms with E-state index in [0.717, 1.165) is 16.8 Å². The predicted molar refractivity (Wildman–Crippen MR) is 74.5 cm³/mol. The second-order valence-corrected chi connectivity index (χ2v) is 6.97. The topological polar surface area (TPSA) is 80.5 Å². The molecule has 1 aliphatic heterocycles. The number of nitrogens with zero attached hydrogens (tertiary/aromatic N) is 1. The fourth-order valence-electron chi connectivity index (χ4n) is 2.31. The quantitative estimate of drug-likeness (QED) is 0.879. The molecule has 0 spiro atoms. The Morgan fingerprint density at radius 2 is 1.74 bits per heavy atom. The van der Waals surface area contributed by atoms with Crippen molar-refractivity contribution in [3.05, 3.63) is 28.8 Å². The van der Waals surface area contributed by atoms with Crippen LogP contribution in [0.1, 0.15) is 23.1 Å². The molecule has 1 heterocycles. The summed E-state index contributed by atoms with van der Waals surface area (Å²) in [5, 5.41) is 4.32. The van der Waals surface area contributed by atoms with Crippen molar-refractivity contribution in [3.63, 3.8) is 0 Å². The lowest BCUT2D eigenvalue weighted by molar-refractivity contribution is -0.117. The average molecular weight is 282 g/mol. The van der Waals surface area contributed by atoms with Crippen molar-refractivity contribution in [1.82, 2.24) is 0 Å². The minimum atomic E-state index is -3.67. The van der Waals surface area contributed by atoms with E-state index in [9.17, 15) is 13.2 Å². The molecule has 5 nitrogen and oxygen atoms in total. The van der Waals surface area contributed by atoms with Crippen molar-refractivity contribution in [3.8, 4) is 0 Å². The summed E-state index contributed by atoms with van der Waals surface area (Å²) >= 11 is 0. The fourth-order valence-corrected chi connectivity index (χ4v) is 3.04. The zero-order chi connectivity index (χ0) is 14.4. The minimum Gasteiger partial charge on any atom is -0.311 e. The van der Waals surface area contributed by atoms with Gasteiger partial charge < -0.3 is 4.90 Å². The molecule has 0 radical (unpaired) electrons. The van der Waals surface area contributed by atoms with Crippen molar-refractivity contribution >= 4 is 21.6 Å². The van der Waals surface area contributed by atoms with Crippen LogP contribution in [-0.2, 0) is 14.8 Å². The van der Waals surface area contributed by atoms with Crippen molar-refractivity contribution < 1.29 is 13.2 Å². The van der Waals surface area contributed by atoms with Crippen molar-refractivity contribution in [1.29, 1.82) is 0 Å². The lowest BCUT2D eigenvalue weighted by Gasteiger charge is -2.19. The number of hydrogen-bond acceptors (Lipinski definition) is 3. The highest BCUT2D eigenvalue weighted by molar-refractivity contribution is 7.89. The largest absolute Gasteiger partial charge is 0.311 e. The van der Waals surface area contributed by atoms with E-state index in [2.05, 4.69) is 0 Å². The van der Waals surface area contributed by atoms with Gasteiger partial charge in [-0.3, -0.25) is 4.79 Å². The maximum atomic E-state index is 11.9. The average Bonchev–Trinajstić information content (AvgIpc) is 2.67. The number of carbonyl (C=O) groups is 1. The molecule has 6 heteroatoms. The highest BCUT2D eigenvalue weighted by atomic mass is 32.2. The molecule has 1 aromatic carbocycles. The first-order valence-corrected chi connectivity index (χ1v) is 7.71. The number of rotatable bonds is 2. The van der Waals surface area contributed by atoms with Crippen LogP contribution in [0.25, 0.3) is 0 Å². The first-order valence-electron chi connectivity index (χ1n) is 6.10. The third-order valence-electron chi connectivity index (χ3n) is 3.78. The minimum absolute atomic E-state index is 0.0369. The van der Waals surface area contributed by atoms with Crippen LogP contribution < -0.4 is 10.0 Å². The highest BCUT2D eigenvalue weighted by Crippen LogP contribution is 2.27. The number of nitrogens with two attached hydrogens (primary N) is 1. The normalized spacial score (nSPS) is 20.1. The monoisotopic (exact) mass is 282 g/mol. The smallest absolute Gasteiger partial charge is 0.228 e. The summed E-state index contributed by atoms with van der Waals surface area (Å²) in [6.45, 7) is 6.11. The third-order valence-corrected chi connectivity index (χ3v) is 5.02. The summed E-state index contributed by atoms with van der Waals surface area (Å²) in [6.07, 6.45) is -0.0369. The Morgan fingerprint density at radius 3 is 2.16 bits per heavy atom. The van der Waals surface area contributed by atoms with Crippen LogP contribution >= 0.6 is 0 Å². The summed E-state index contributed by atoms with van der Waals surface area (Å²) < 4.78 is 22.7. The predicted octanol–water partition coefficient (Wildman–Crippen LogP) is 1.01. The standard InChI is InChI=1S/C13H18N2O3S/c1-8-4-11(5-9(2)10(8)3)15-7-12(6-13(15)16)19(14,17)18/h4-5,12H,6-7H2,1-3H3,(H2,14,17,18). The summed E-state index contributed by atoms with van der Waals surface area (Å²) in [5.41, 5.74) is 4.10. The first-order chi connectivity index (χ1) is 8.70. The summed E-state index contributed by atoms with van der Waals surface area (Å²) in [4.78, 5) is 13.5. The molecular formula is C13H18N2O3S. The number of anilines is 1. The number of primary sulfonamides is 1. The maximum absolute atomic E-state index is 11.9. The molecule has 2 N–H and O–H groups in total. The van der Waals surface area contributed by atoms with Crippen LogP contribution in [0, 0.1) is 20.8 Å². The lowest BCUT2D eigenvalue weighted by Crippen LogP contribution is -2.32. The second-order valence-electron chi connectivity index (χ2n) is 5.12. The molecule has 1 aliphatic rings. The molecule has 0 aliphatic carbocycles. The van der Waals surface area contributed by atoms with Gasteiger partial charge in [-0.15, -0.1) is 0 Å². The molecule has 2 rings (SSSR count). The van der Waals surface area contributed by atoms with Gasteiger partial charge in [-0.25, -0.2) is 13.6 Å². The molecule has 19 heavy (non-hydrogen) atoms. The molecule has 0 aromatic heterocycles. The molecule has 1 saturated heterocycles. The van der Waals surface area contributed by atoms with E-state index in [0.29, 0.717) is 0 Å². The number of sulfonamides is 1. The maximum Gasteiger partial charge on any atom is 0.228 e. The van der Waals surface area contributed by atoms with E-state index < -0.39 is 15.3 Å². The Kier molecular flexibility index (Phi) is 3.40. The number of benzene rings is 1. The number of amides is 1. The van der Waals surface area contributed by atoms with Gasteiger partial charge in [0.25, 0.3) is 0 Å². The van der Waals surface area contributed by atoms with E-state index in [-0.39, 0.29) is 18.9 Å². The van der Waals surface area contributed by atoms with Crippen LogP contribution in [0.5, 0.6) is 0 Å². The lowest BCUT2D eigenvalue weighted by atomic mass is 10.0. The molecular weight excluding hydrogens is 264 g/mol. The molecule has 104 valence electrons. The third kappa shape index (κ3) is 2.64. The van der Waals surface area contributed by atoms with E-state index in [1.807, 2.05) is 32.9 Å². The second kappa shape index (κ2) is 4.61. The number of hydrogen-bond donors (Lipinski definition) is 1. The summed E-state index contributed by atoms with van der Waals surface area (Å²) in [5.74, 6) is -0.193. The molecule has 1 fully saturated rings. The summed E-state index contributed by atoms with van der Waals surface area (Å²) in [6, 6.07) is 3.82. The Bertz CT molecular complexity index is 614. The van der Waals surface area contributed by atoms with Crippen LogP contribution in [-0.4, -0.2) is 26.1 Å². The molecule has 0 bridgehead atoms. The van der Waals surface area contributed by atoms with Crippen molar-refractivity contribution in [2.75, 3.05) is 11.4 Å². The zero-order valence-corrected chi connectivity index (χ0v) is 12.1. The van der Waals surface area contributed by atoms with Gasteiger partial charge in [-0.2, -0.15) is 0 Å². The van der Waals surface area contributed by atoms with E-state index >= 15 is 0 Å². The van der Waals surface area contributed by atoms with Gasteiger partial charge >= 0.3 is 0 Å². The van der Waals surface area contributed by atoms with Gasteiger partial charge in [0, 0.05) is 18.7 Å². The number of carbonyl (C=O) groups excluding carboxylic acids is 1. The van der Waals surface area contributed by atoms with Crippen molar-refractivity contribution in [2.45, 2.75) is 32.4 Å². The molecule has 1 amide bonds. The van der Waals surface area contributed by atoms with E-state index in [1.54, 1.807) is 0 Å². The zero-order valence-electron chi connectivity index (χ0n) is 11.3. The van der Waals surface area contributed by atoms with Gasteiger partial charge in [0.05, 0.1) is 0 Å². The van der Waals surface area contributed by atoms with E-state index in [1.165, 1.54) is 10.5 Å². The fraction of sp³-hybridized carbons (Fsp3) is 0.462. The van der Waals surface area contributed by atoms with Crippen LogP contribution in [0.2, 0.25) is 0 Å². The highest BCUT2D eigenvalue weighted by Gasteiger charge is 2.37. The Balaban J connectivity index is 2.36. The van der Waals surface area contributed by atoms with Gasteiger partial charge in [0.1, 0.15) is 5.25 Å².